The number of carbonyl (C=O) groups is 3. The van der Waals surface area contributed by atoms with E-state index < -0.39 is 23.8 Å². The van der Waals surface area contributed by atoms with Gasteiger partial charge in [0.15, 0.2) is 0 Å². The Morgan fingerprint density at radius 2 is 1.30 bits per heavy atom. The van der Waals surface area contributed by atoms with Crippen LogP contribution in [0.1, 0.15) is 137 Å². The van der Waals surface area contributed by atoms with E-state index in [4.69, 9.17) is 4.74 Å². The Bertz CT molecular complexity index is 751. The first-order valence-electron chi connectivity index (χ1n) is 13.0. The van der Waals surface area contributed by atoms with Crippen molar-refractivity contribution < 1.29 is 24.2 Å². The van der Waals surface area contributed by atoms with Crippen LogP contribution >= 0.6 is 0 Å². The molecule has 0 aliphatic heterocycles. The van der Waals surface area contributed by atoms with E-state index in [1.165, 1.54) is 51.0 Å². The van der Waals surface area contributed by atoms with Crippen LogP contribution in [-0.2, 0) is 22.4 Å². The number of benzene rings is 1. The highest BCUT2D eigenvalue weighted by atomic mass is 16.6. The minimum absolute atomic E-state index is 0.00796. The third-order valence-corrected chi connectivity index (χ3v) is 6.09. The van der Waals surface area contributed by atoms with Crippen molar-refractivity contribution >= 4 is 17.9 Å². The predicted octanol–water partition coefficient (Wildman–Crippen LogP) is 7.53. The quantitative estimate of drug-likeness (QED) is 0.148. The topological polar surface area (TPSA) is 80.7 Å². The molecule has 0 saturated heterocycles. The molecule has 0 unspecified atom stereocenters. The standard InChI is InChI=1S/C28H44O5/c1-5-7-9-11-13-15-17-22-19-20-24(28(32)33-27(31)21(3)4)25(26(29)30)23(22)18-16-14-12-10-8-6-2/h19-21H,5-18H2,1-4H3,(H,29,30). The molecule has 0 aliphatic carbocycles. The lowest BCUT2D eigenvalue weighted by molar-refractivity contribution is -0.141. The van der Waals surface area contributed by atoms with Gasteiger partial charge in [0.05, 0.1) is 17.0 Å². The van der Waals surface area contributed by atoms with Crippen LogP contribution in [0.25, 0.3) is 0 Å². The highest BCUT2D eigenvalue weighted by Crippen LogP contribution is 2.26. The SMILES string of the molecule is CCCCCCCCc1ccc(C(=O)OC(=O)C(C)C)c(C(=O)O)c1CCCCCCCC. The average Bonchev–Trinajstić information content (AvgIpc) is 2.78. The minimum Gasteiger partial charge on any atom is -0.478 e. The van der Waals surface area contributed by atoms with Gasteiger partial charge in [-0.25, -0.2) is 9.59 Å². The summed E-state index contributed by atoms with van der Waals surface area (Å²) in [6.07, 6.45) is 15.1. The first-order valence-corrected chi connectivity index (χ1v) is 13.0. The Hall–Kier alpha value is -2.17. The van der Waals surface area contributed by atoms with Crippen molar-refractivity contribution in [3.05, 3.63) is 34.4 Å². The molecule has 33 heavy (non-hydrogen) atoms. The first-order chi connectivity index (χ1) is 15.8. The molecule has 1 rings (SSSR count). The van der Waals surface area contributed by atoms with E-state index in [1.54, 1.807) is 13.8 Å². The second-order valence-electron chi connectivity index (χ2n) is 9.33. The molecule has 0 amide bonds. The number of carboxylic acid groups (broad SMARTS) is 1. The summed E-state index contributed by atoms with van der Waals surface area (Å²) in [5, 5.41) is 10.0. The fraction of sp³-hybridized carbons (Fsp3) is 0.679. The van der Waals surface area contributed by atoms with Gasteiger partial charge in [0.1, 0.15) is 0 Å². The number of carboxylic acids is 1. The third kappa shape index (κ3) is 10.5. The first kappa shape index (κ1) is 28.9. The van der Waals surface area contributed by atoms with Crippen LogP contribution in [0, 0.1) is 5.92 Å². The van der Waals surface area contributed by atoms with Gasteiger partial charge in [0.25, 0.3) is 0 Å². The third-order valence-electron chi connectivity index (χ3n) is 6.09. The Morgan fingerprint density at radius 1 is 0.788 bits per heavy atom. The van der Waals surface area contributed by atoms with E-state index in [2.05, 4.69) is 13.8 Å². The molecule has 0 spiro atoms. The monoisotopic (exact) mass is 460 g/mol. The summed E-state index contributed by atoms with van der Waals surface area (Å²) >= 11 is 0. The lowest BCUT2D eigenvalue weighted by atomic mass is 9.89. The van der Waals surface area contributed by atoms with E-state index in [-0.39, 0.29) is 11.1 Å². The maximum Gasteiger partial charge on any atom is 0.346 e. The molecule has 0 aliphatic rings. The van der Waals surface area contributed by atoms with Gasteiger partial charge < -0.3 is 9.84 Å². The molecule has 0 aromatic heterocycles. The van der Waals surface area contributed by atoms with Crippen LogP contribution in [0.4, 0.5) is 0 Å². The largest absolute Gasteiger partial charge is 0.478 e. The summed E-state index contributed by atoms with van der Waals surface area (Å²) in [7, 11) is 0. The highest BCUT2D eigenvalue weighted by Gasteiger charge is 2.26. The minimum atomic E-state index is -1.13. The highest BCUT2D eigenvalue weighted by molar-refractivity contribution is 6.06. The molecular weight excluding hydrogens is 416 g/mol. The molecule has 1 aromatic carbocycles. The number of esters is 2. The number of ether oxygens (including phenoxy) is 1. The Balaban J connectivity index is 3.07. The lowest BCUT2D eigenvalue weighted by Crippen LogP contribution is -2.21. The van der Waals surface area contributed by atoms with Crippen molar-refractivity contribution in [2.24, 2.45) is 5.92 Å². The van der Waals surface area contributed by atoms with Gasteiger partial charge in [-0.2, -0.15) is 0 Å². The van der Waals surface area contributed by atoms with Gasteiger partial charge in [-0.05, 0) is 42.9 Å². The number of rotatable bonds is 17. The number of aromatic carboxylic acids is 1. The fourth-order valence-corrected chi connectivity index (χ4v) is 4.07. The molecular formula is C28H44O5. The maximum absolute atomic E-state index is 12.7. The Kier molecular flexibility index (Phi) is 14.4. The van der Waals surface area contributed by atoms with Gasteiger partial charge in [-0.3, -0.25) is 4.79 Å². The van der Waals surface area contributed by atoms with Crippen molar-refractivity contribution in [2.45, 2.75) is 118 Å². The van der Waals surface area contributed by atoms with Gasteiger partial charge in [0, 0.05) is 0 Å². The fourth-order valence-electron chi connectivity index (χ4n) is 4.07. The van der Waals surface area contributed by atoms with E-state index >= 15 is 0 Å². The summed E-state index contributed by atoms with van der Waals surface area (Å²) in [5.41, 5.74) is 1.72. The average molecular weight is 461 g/mol. The molecule has 0 bridgehead atoms. The summed E-state index contributed by atoms with van der Waals surface area (Å²) < 4.78 is 4.95. The van der Waals surface area contributed by atoms with Gasteiger partial charge in [-0.15, -0.1) is 0 Å². The zero-order valence-corrected chi connectivity index (χ0v) is 21.2. The number of aryl methyl sites for hydroxylation is 1. The number of hydrogen-bond donors (Lipinski definition) is 1. The van der Waals surface area contributed by atoms with Crippen molar-refractivity contribution in [1.29, 1.82) is 0 Å². The zero-order valence-electron chi connectivity index (χ0n) is 21.2. The molecule has 0 saturated carbocycles. The van der Waals surface area contributed by atoms with Crippen LogP contribution in [0.5, 0.6) is 0 Å². The summed E-state index contributed by atoms with van der Waals surface area (Å²) in [4.78, 5) is 36.8. The van der Waals surface area contributed by atoms with Crippen molar-refractivity contribution in [3.63, 3.8) is 0 Å². The van der Waals surface area contributed by atoms with Crippen molar-refractivity contribution in [1.82, 2.24) is 0 Å². The number of carbonyl (C=O) groups excluding carboxylic acids is 2. The van der Waals surface area contributed by atoms with Crippen molar-refractivity contribution in [2.75, 3.05) is 0 Å². The summed E-state index contributed by atoms with van der Waals surface area (Å²) in [5.74, 6) is -3.12. The molecule has 1 aromatic rings. The smallest absolute Gasteiger partial charge is 0.346 e. The maximum atomic E-state index is 12.7. The zero-order chi connectivity index (χ0) is 24.6. The van der Waals surface area contributed by atoms with Crippen LogP contribution in [0.3, 0.4) is 0 Å². The lowest BCUT2D eigenvalue weighted by Gasteiger charge is -2.16. The van der Waals surface area contributed by atoms with E-state index in [9.17, 15) is 19.5 Å². The molecule has 0 heterocycles. The second kappa shape index (κ2) is 16.4. The number of unbranched alkanes of at least 4 members (excludes halogenated alkanes) is 10. The van der Waals surface area contributed by atoms with E-state index in [0.29, 0.717) is 6.42 Å². The summed E-state index contributed by atoms with van der Waals surface area (Å²) in [6, 6.07) is 3.39. The normalized spacial score (nSPS) is 11.1. The predicted molar refractivity (Wildman–Crippen MR) is 133 cm³/mol. The Morgan fingerprint density at radius 3 is 1.82 bits per heavy atom. The van der Waals surface area contributed by atoms with Crippen molar-refractivity contribution in [3.8, 4) is 0 Å². The molecule has 186 valence electrons. The van der Waals surface area contributed by atoms with Gasteiger partial charge >= 0.3 is 17.9 Å². The Labute approximate surface area is 200 Å². The van der Waals surface area contributed by atoms with Gasteiger partial charge in [0.2, 0.25) is 0 Å². The second-order valence-corrected chi connectivity index (χ2v) is 9.33. The molecule has 0 atom stereocenters. The molecule has 0 fully saturated rings. The molecule has 5 nitrogen and oxygen atoms in total. The molecule has 5 heteroatoms. The van der Waals surface area contributed by atoms with E-state index in [1.807, 2.05) is 6.07 Å². The number of hydrogen-bond acceptors (Lipinski definition) is 4. The van der Waals surface area contributed by atoms with Crippen LogP contribution in [0.2, 0.25) is 0 Å². The van der Waals surface area contributed by atoms with E-state index in [0.717, 1.165) is 49.7 Å². The van der Waals surface area contributed by atoms with Crippen LogP contribution < -0.4 is 0 Å². The van der Waals surface area contributed by atoms with Gasteiger partial charge in [-0.1, -0.05) is 98.0 Å². The molecule has 1 N–H and O–H groups in total. The van der Waals surface area contributed by atoms with Crippen LogP contribution in [0.15, 0.2) is 12.1 Å². The summed E-state index contributed by atoms with van der Waals surface area (Å²) in [6.45, 7) is 7.66. The molecule has 0 radical (unpaired) electrons. The van der Waals surface area contributed by atoms with Crippen LogP contribution in [-0.4, -0.2) is 23.0 Å².